The highest BCUT2D eigenvalue weighted by Crippen LogP contribution is 2.39. The van der Waals surface area contributed by atoms with E-state index < -0.39 is 5.97 Å². The fraction of sp³-hybridized carbons (Fsp3) is 0.238. The van der Waals surface area contributed by atoms with Crippen LogP contribution < -0.4 is 4.90 Å². The van der Waals surface area contributed by atoms with Crippen LogP contribution in [0.1, 0.15) is 34.2 Å². The Bertz CT molecular complexity index is 946. The maximum Gasteiger partial charge on any atom is 0.333 e. The molecule has 0 saturated carbocycles. The summed E-state index contributed by atoms with van der Waals surface area (Å²) >= 11 is 3.41. The van der Waals surface area contributed by atoms with Crippen LogP contribution in [0.25, 0.3) is 4.48 Å². The first-order valence-corrected chi connectivity index (χ1v) is 9.16. The number of carbonyl (C=O) groups excluding carboxylic acids is 1. The van der Waals surface area contributed by atoms with Crippen molar-refractivity contribution < 1.29 is 14.7 Å². The van der Waals surface area contributed by atoms with Crippen molar-refractivity contribution >= 4 is 38.0 Å². The van der Waals surface area contributed by atoms with Gasteiger partial charge in [-0.15, -0.1) is 0 Å². The molecule has 1 N–H and O–H groups in total. The van der Waals surface area contributed by atoms with Crippen molar-refractivity contribution in [2.45, 2.75) is 33.7 Å². The Labute approximate surface area is 161 Å². The summed E-state index contributed by atoms with van der Waals surface area (Å²) in [5.41, 5.74) is 5.94. The fourth-order valence-corrected chi connectivity index (χ4v) is 3.74. The molecule has 0 aliphatic carbocycles. The average Bonchev–Trinajstić information content (AvgIpc) is 2.68. The minimum atomic E-state index is -1.08. The molecular weight excluding hydrogens is 394 g/mol. The van der Waals surface area contributed by atoms with Crippen LogP contribution in [0.3, 0.4) is 0 Å². The molecule has 0 saturated heterocycles. The Kier molecular flexibility index (Phi) is 5.01. The third kappa shape index (κ3) is 3.44. The number of aryl methyl sites for hydroxylation is 3. The van der Waals surface area contributed by atoms with Crippen molar-refractivity contribution in [2.24, 2.45) is 0 Å². The third-order valence-electron chi connectivity index (χ3n) is 4.74. The molecule has 5 heteroatoms. The third-order valence-corrected chi connectivity index (χ3v) is 5.65. The molecular formula is C21H20BrNO3. The van der Waals surface area contributed by atoms with E-state index in [9.17, 15) is 14.7 Å². The Hall–Kier alpha value is -2.40. The van der Waals surface area contributed by atoms with Gasteiger partial charge >= 0.3 is 5.97 Å². The Morgan fingerprint density at radius 3 is 2.50 bits per heavy atom. The van der Waals surface area contributed by atoms with Crippen LogP contribution in [0.2, 0.25) is 0 Å². The summed E-state index contributed by atoms with van der Waals surface area (Å²) in [6.45, 7) is 6.46. The molecule has 2 aromatic rings. The molecule has 0 unspecified atom stereocenters. The van der Waals surface area contributed by atoms with Crippen LogP contribution in [0.15, 0.2) is 42.0 Å². The number of carbonyl (C=O) groups is 2. The van der Waals surface area contributed by atoms with Gasteiger partial charge in [-0.05, 0) is 65.0 Å². The zero-order valence-electron chi connectivity index (χ0n) is 15.0. The quantitative estimate of drug-likeness (QED) is 0.790. The van der Waals surface area contributed by atoms with E-state index in [1.807, 2.05) is 44.2 Å². The van der Waals surface area contributed by atoms with Crippen molar-refractivity contribution in [2.75, 3.05) is 4.90 Å². The lowest BCUT2D eigenvalue weighted by Gasteiger charge is -2.24. The molecule has 0 fully saturated rings. The molecule has 134 valence electrons. The monoisotopic (exact) mass is 413 g/mol. The summed E-state index contributed by atoms with van der Waals surface area (Å²) in [6, 6.07) is 11.8. The number of carboxylic acid groups (broad SMARTS) is 1. The van der Waals surface area contributed by atoms with Gasteiger partial charge in [0.05, 0.1) is 24.2 Å². The number of nitrogens with zero attached hydrogens (tertiary/aromatic N) is 1. The molecule has 26 heavy (non-hydrogen) atoms. The molecule has 3 rings (SSSR count). The Balaban J connectivity index is 2.11. The van der Waals surface area contributed by atoms with E-state index >= 15 is 0 Å². The van der Waals surface area contributed by atoms with Gasteiger partial charge in [-0.25, -0.2) is 4.79 Å². The highest BCUT2D eigenvalue weighted by atomic mass is 79.9. The summed E-state index contributed by atoms with van der Waals surface area (Å²) in [5, 5.41) is 9.52. The van der Waals surface area contributed by atoms with Gasteiger partial charge < -0.3 is 10.0 Å². The van der Waals surface area contributed by atoms with Crippen LogP contribution in [0.5, 0.6) is 0 Å². The van der Waals surface area contributed by atoms with Gasteiger partial charge in [-0.3, -0.25) is 4.79 Å². The van der Waals surface area contributed by atoms with Crippen molar-refractivity contribution in [3.8, 4) is 0 Å². The smallest absolute Gasteiger partial charge is 0.333 e. The molecule has 1 amide bonds. The second-order valence-electron chi connectivity index (χ2n) is 6.69. The molecule has 2 aromatic carbocycles. The number of fused-ring (bicyclic) bond motifs is 1. The van der Waals surface area contributed by atoms with E-state index in [2.05, 4.69) is 28.9 Å². The topological polar surface area (TPSA) is 57.6 Å². The Morgan fingerprint density at radius 2 is 1.85 bits per heavy atom. The molecule has 0 bridgehead atoms. The average molecular weight is 414 g/mol. The summed E-state index contributed by atoms with van der Waals surface area (Å²) in [5.74, 6) is -1.30. The normalized spacial score (nSPS) is 14.3. The number of aliphatic carboxylic acids is 1. The molecule has 4 nitrogen and oxygen atoms in total. The van der Waals surface area contributed by atoms with Gasteiger partial charge in [-0.2, -0.15) is 0 Å². The summed E-state index contributed by atoms with van der Waals surface area (Å²) in [4.78, 5) is 26.2. The van der Waals surface area contributed by atoms with Crippen LogP contribution >= 0.6 is 15.9 Å². The molecule has 0 radical (unpaired) electrons. The number of hydrogen-bond donors (Lipinski definition) is 1. The largest absolute Gasteiger partial charge is 0.478 e. The minimum absolute atomic E-state index is 0.0858. The van der Waals surface area contributed by atoms with Gasteiger partial charge in [0.2, 0.25) is 5.91 Å². The fourth-order valence-electron chi connectivity index (χ4n) is 3.10. The lowest BCUT2D eigenvalue weighted by Crippen LogP contribution is -2.30. The first-order chi connectivity index (χ1) is 12.3. The van der Waals surface area contributed by atoms with Gasteiger partial charge in [-0.1, -0.05) is 30.3 Å². The Morgan fingerprint density at radius 1 is 1.12 bits per heavy atom. The van der Waals surface area contributed by atoms with Gasteiger partial charge in [0, 0.05) is 10.0 Å². The zero-order chi connectivity index (χ0) is 19.0. The van der Waals surface area contributed by atoms with Crippen molar-refractivity contribution in [1.29, 1.82) is 0 Å². The number of amides is 1. The van der Waals surface area contributed by atoms with E-state index in [0.717, 1.165) is 22.4 Å². The lowest BCUT2D eigenvalue weighted by atomic mass is 10.0. The van der Waals surface area contributed by atoms with E-state index in [1.165, 1.54) is 11.1 Å². The SMILES string of the molecule is Cc1ccc2c(c1)N(Cc1ccc(C)c(C)c1)C(=O)CC(C(=O)O)=C2Br. The first-order valence-electron chi connectivity index (χ1n) is 8.37. The first kappa shape index (κ1) is 18.4. The molecule has 0 spiro atoms. The van der Waals surface area contributed by atoms with E-state index in [0.29, 0.717) is 11.0 Å². The molecule has 1 heterocycles. The number of carboxylic acids is 1. The minimum Gasteiger partial charge on any atom is -0.478 e. The summed E-state index contributed by atoms with van der Waals surface area (Å²) in [7, 11) is 0. The van der Waals surface area contributed by atoms with Gasteiger partial charge in [0.15, 0.2) is 0 Å². The number of rotatable bonds is 3. The maximum atomic E-state index is 12.9. The molecule has 0 aromatic heterocycles. The maximum absolute atomic E-state index is 12.9. The van der Waals surface area contributed by atoms with Crippen molar-refractivity contribution in [3.05, 3.63) is 69.8 Å². The van der Waals surface area contributed by atoms with Crippen LogP contribution in [0, 0.1) is 20.8 Å². The molecule has 1 aliphatic rings. The lowest BCUT2D eigenvalue weighted by molar-refractivity contribution is -0.133. The van der Waals surface area contributed by atoms with Crippen molar-refractivity contribution in [1.82, 2.24) is 0 Å². The van der Waals surface area contributed by atoms with Gasteiger partial charge in [0.25, 0.3) is 0 Å². The number of benzene rings is 2. The predicted octanol–water partition coefficient (Wildman–Crippen LogP) is 4.74. The second-order valence-corrected chi connectivity index (χ2v) is 7.49. The molecule has 1 aliphatic heterocycles. The van der Waals surface area contributed by atoms with Crippen LogP contribution in [-0.4, -0.2) is 17.0 Å². The highest BCUT2D eigenvalue weighted by Gasteiger charge is 2.29. The second kappa shape index (κ2) is 7.08. The number of halogens is 1. The van der Waals surface area contributed by atoms with Gasteiger partial charge in [0.1, 0.15) is 0 Å². The van der Waals surface area contributed by atoms with E-state index in [4.69, 9.17) is 0 Å². The van der Waals surface area contributed by atoms with Crippen LogP contribution in [0.4, 0.5) is 5.69 Å². The predicted molar refractivity (Wildman–Crippen MR) is 106 cm³/mol. The van der Waals surface area contributed by atoms with Crippen molar-refractivity contribution in [3.63, 3.8) is 0 Å². The number of anilines is 1. The summed E-state index contributed by atoms with van der Waals surface area (Å²) in [6.07, 6.45) is -0.144. The van der Waals surface area contributed by atoms with Crippen LogP contribution in [-0.2, 0) is 16.1 Å². The highest BCUT2D eigenvalue weighted by molar-refractivity contribution is 9.15. The standard InChI is InChI=1S/C21H20BrNO3/c1-12-4-7-16-18(8-12)23(11-15-6-5-13(2)14(3)9-15)19(24)10-17(20(16)22)21(25)26/h4-9H,10-11H2,1-3H3,(H,25,26). The molecule has 0 atom stereocenters. The van der Waals surface area contributed by atoms with E-state index in [-0.39, 0.29) is 17.9 Å². The summed E-state index contributed by atoms with van der Waals surface area (Å²) < 4.78 is 0.468. The zero-order valence-corrected chi connectivity index (χ0v) is 16.6. The van der Waals surface area contributed by atoms with E-state index in [1.54, 1.807) is 4.90 Å². The number of hydrogen-bond acceptors (Lipinski definition) is 2.